The van der Waals surface area contributed by atoms with Crippen molar-refractivity contribution in [1.82, 2.24) is 10.1 Å². The van der Waals surface area contributed by atoms with Crippen molar-refractivity contribution < 1.29 is 8.91 Å². The molecule has 128 valence electrons. The molecule has 0 radical (unpaired) electrons. The number of nitrogens with two attached hydrogens (primary N) is 1. The van der Waals surface area contributed by atoms with Gasteiger partial charge < -0.3 is 10.3 Å². The first kappa shape index (κ1) is 16.4. The second-order valence-electron chi connectivity index (χ2n) is 6.38. The van der Waals surface area contributed by atoms with Crippen LogP contribution >= 0.6 is 15.9 Å². The van der Waals surface area contributed by atoms with E-state index in [1.807, 2.05) is 12.1 Å². The molecule has 1 aliphatic carbocycles. The van der Waals surface area contributed by atoms with Gasteiger partial charge in [0.1, 0.15) is 5.82 Å². The van der Waals surface area contributed by atoms with E-state index in [1.165, 1.54) is 23.3 Å². The Kier molecular flexibility index (Phi) is 4.39. The van der Waals surface area contributed by atoms with Gasteiger partial charge >= 0.3 is 0 Å². The third-order valence-corrected chi connectivity index (χ3v) is 4.96. The number of rotatable bonds is 3. The minimum absolute atomic E-state index is 0.113. The molecule has 2 aromatic carbocycles. The number of fused-ring (bicyclic) bond motifs is 1. The van der Waals surface area contributed by atoms with Crippen molar-refractivity contribution in [3.05, 3.63) is 69.2 Å². The normalized spacial score (nSPS) is 16.7. The van der Waals surface area contributed by atoms with Crippen molar-refractivity contribution in [3.8, 4) is 11.5 Å². The highest BCUT2D eigenvalue weighted by atomic mass is 79.9. The Morgan fingerprint density at radius 2 is 2.12 bits per heavy atom. The Morgan fingerprint density at radius 1 is 1.24 bits per heavy atom. The zero-order valence-corrected chi connectivity index (χ0v) is 15.1. The standard InChI is InChI=1S/C19H17BrFN3O/c20-14-6-11(7-15(21)10-14)8-18-23-19(25-24-18)13-4-5-16-12(9-13)2-1-3-17(16)22/h4-7,9-10,17H,1-3,8,22H2. The number of hydrogen-bond acceptors (Lipinski definition) is 4. The summed E-state index contributed by atoms with van der Waals surface area (Å²) in [7, 11) is 0. The fraction of sp³-hybridized carbons (Fsp3) is 0.263. The summed E-state index contributed by atoms with van der Waals surface area (Å²) in [6, 6.07) is 11.0. The second kappa shape index (κ2) is 6.69. The van der Waals surface area contributed by atoms with Crippen molar-refractivity contribution in [3.63, 3.8) is 0 Å². The molecule has 0 saturated carbocycles. The molecule has 25 heavy (non-hydrogen) atoms. The predicted octanol–water partition coefficient (Wildman–Crippen LogP) is 4.57. The predicted molar refractivity (Wildman–Crippen MR) is 96.5 cm³/mol. The molecule has 3 aromatic rings. The van der Waals surface area contributed by atoms with E-state index in [9.17, 15) is 4.39 Å². The van der Waals surface area contributed by atoms with Gasteiger partial charge in [-0.2, -0.15) is 4.98 Å². The first-order valence-corrected chi connectivity index (χ1v) is 9.04. The van der Waals surface area contributed by atoms with Crippen molar-refractivity contribution >= 4 is 15.9 Å². The van der Waals surface area contributed by atoms with Crippen molar-refractivity contribution in [1.29, 1.82) is 0 Å². The number of nitrogens with zero attached hydrogens (tertiary/aromatic N) is 2. The lowest BCUT2D eigenvalue weighted by atomic mass is 9.87. The molecule has 6 heteroatoms. The third kappa shape index (κ3) is 3.50. The molecule has 1 aliphatic rings. The average molecular weight is 402 g/mol. The van der Waals surface area contributed by atoms with E-state index in [1.54, 1.807) is 0 Å². The van der Waals surface area contributed by atoms with Crippen molar-refractivity contribution in [2.75, 3.05) is 0 Å². The molecule has 0 fully saturated rings. The van der Waals surface area contributed by atoms with E-state index in [0.29, 0.717) is 22.6 Å². The van der Waals surface area contributed by atoms with Gasteiger partial charge in [0.25, 0.3) is 5.89 Å². The molecule has 2 N–H and O–H groups in total. The van der Waals surface area contributed by atoms with Gasteiger partial charge in [-0.25, -0.2) is 4.39 Å². The minimum Gasteiger partial charge on any atom is -0.334 e. The summed E-state index contributed by atoms with van der Waals surface area (Å²) in [4.78, 5) is 4.46. The van der Waals surface area contributed by atoms with E-state index >= 15 is 0 Å². The molecule has 1 aromatic heterocycles. The maximum Gasteiger partial charge on any atom is 0.257 e. The van der Waals surface area contributed by atoms with Gasteiger partial charge in [0.05, 0.1) is 0 Å². The van der Waals surface area contributed by atoms with Crippen molar-refractivity contribution in [2.24, 2.45) is 5.73 Å². The molecule has 0 bridgehead atoms. The summed E-state index contributed by atoms with van der Waals surface area (Å²) in [6.07, 6.45) is 3.56. The first-order valence-electron chi connectivity index (χ1n) is 8.25. The van der Waals surface area contributed by atoms with E-state index in [4.69, 9.17) is 10.3 Å². The Bertz CT molecular complexity index is 905. The minimum atomic E-state index is -0.292. The maximum absolute atomic E-state index is 13.5. The summed E-state index contributed by atoms with van der Waals surface area (Å²) in [5.41, 5.74) is 10.3. The number of halogens is 2. The van der Waals surface area contributed by atoms with E-state index in [0.717, 1.165) is 30.4 Å². The second-order valence-corrected chi connectivity index (χ2v) is 7.30. The molecule has 0 saturated heterocycles. The molecular formula is C19H17BrFN3O. The third-order valence-electron chi connectivity index (χ3n) is 4.50. The van der Waals surface area contributed by atoms with Crippen LogP contribution in [-0.2, 0) is 12.8 Å². The Hall–Kier alpha value is -2.05. The summed E-state index contributed by atoms with van der Waals surface area (Å²) in [5, 5.41) is 4.03. The van der Waals surface area contributed by atoms with E-state index < -0.39 is 0 Å². The fourth-order valence-corrected chi connectivity index (χ4v) is 3.84. The topological polar surface area (TPSA) is 64.9 Å². The van der Waals surface area contributed by atoms with Crippen LogP contribution in [0.1, 0.15) is 41.4 Å². The van der Waals surface area contributed by atoms with Gasteiger partial charge in [-0.15, -0.1) is 0 Å². The van der Waals surface area contributed by atoms with Crippen molar-refractivity contribution in [2.45, 2.75) is 31.7 Å². The lowest BCUT2D eigenvalue weighted by molar-refractivity contribution is 0.423. The quantitative estimate of drug-likeness (QED) is 0.698. The van der Waals surface area contributed by atoms with Gasteiger partial charge in [-0.05, 0) is 66.3 Å². The van der Waals surface area contributed by atoms with Gasteiger partial charge in [-0.3, -0.25) is 0 Å². The van der Waals surface area contributed by atoms with Gasteiger partial charge in [0.15, 0.2) is 5.82 Å². The van der Waals surface area contributed by atoms with E-state index in [-0.39, 0.29) is 11.9 Å². The largest absolute Gasteiger partial charge is 0.334 e. The van der Waals surface area contributed by atoms with Crippen LogP contribution in [0.15, 0.2) is 45.4 Å². The molecule has 4 nitrogen and oxygen atoms in total. The average Bonchev–Trinajstić information content (AvgIpc) is 3.02. The number of benzene rings is 2. The smallest absolute Gasteiger partial charge is 0.257 e. The van der Waals surface area contributed by atoms with Crippen LogP contribution in [0.3, 0.4) is 0 Å². The summed E-state index contributed by atoms with van der Waals surface area (Å²) >= 11 is 3.29. The van der Waals surface area contributed by atoms with Gasteiger partial charge in [-0.1, -0.05) is 27.2 Å². The Balaban J connectivity index is 1.59. The molecule has 1 heterocycles. The SMILES string of the molecule is NC1CCCc2cc(-c3nc(Cc4cc(F)cc(Br)c4)no3)ccc21. The number of aromatic nitrogens is 2. The number of hydrogen-bond donors (Lipinski definition) is 1. The van der Waals surface area contributed by atoms with E-state index in [2.05, 4.69) is 38.2 Å². The number of aryl methyl sites for hydroxylation is 1. The zero-order valence-electron chi connectivity index (χ0n) is 13.5. The van der Waals surface area contributed by atoms with Crippen LogP contribution in [0, 0.1) is 5.82 Å². The lowest BCUT2D eigenvalue weighted by Crippen LogP contribution is -2.17. The maximum atomic E-state index is 13.5. The summed E-state index contributed by atoms with van der Waals surface area (Å²) < 4.78 is 19.6. The van der Waals surface area contributed by atoms with Gasteiger partial charge in [0.2, 0.25) is 0 Å². The molecular weight excluding hydrogens is 385 g/mol. The van der Waals surface area contributed by atoms with Crippen LogP contribution in [0.2, 0.25) is 0 Å². The molecule has 4 rings (SSSR count). The van der Waals surface area contributed by atoms with Crippen LogP contribution in [0.25, 0.3) is 11.5 Å². The highest BCUT2D eigenvalue weighted by molar-refractivity contribution is 9.10. The highest BCUT2D eigenvalue weighted by Gasteiger charge is 2.18. The van der Waals surface area contributed by atoms with Crippen LogP contribution in [0.4, 0.5) is 4.39 Å². The molecule has 1 unspecified atom stereocenters. The first-order chi connectivity index (χ1) is 12.1. The fourth-order valence-electron chi connectivity index (χ4n) is 3.32. The van der Waals surface area contributed by atoms with Gasteiger partial charge in [0, 0.05) is 22.5 Å². The lowest BCUT2D eigenvalue weighted by Gasteiger charge is -2.22. The Morgan fingerprint density at radius 3 is 2.96 bits per heavy atom. The molecule has 0 amide bonds. The monoisotopic (exact) mass is 401 g/mol. The molecule has 0 aliphatic heterocycles. The summed E-state index contributed by atoms with van der Waals surface area (Å²) in [5.74, 6) is 0.716. The van der Waals surface area contributed by atoms with Crippen LogP contribution in [-0.4, -0.2) is 10.1 Å². The van der Waals surface area contributed by atoms with Crippen LogP contribution in [0.5, 0.6) is 0 Å². The molecule has 0 spiro atoms. The van der Waals surface area contributed by atoms with Crippen LogP contribution < -0.4 is 5.73 Å². The summed E-state index contributed by atoms with van der Waals surface area (Å²) in [6.45, 7) is 0. The Labute approximate surface area is 153 Å². The molecule has 1 atom stereocenters. The highest BCUT2D eigenvalue weighted by Crippen LogP contribution is 2.31. The zero-order chi connectivity index (χ0) is 17.4.